The summed E-state index contributed by atoms with van der Waals surface area (Å²) in [4.78, 5) is 4.20. The smallest absolute Gasteiger partial charge is 0.435 e. The summed E-state index contributed by atoms with van der Waals surface area (Å²) < 4.78 is 39.1. The molecule has 0 atom stereocenters. The largest absolute Gasteiger partial charge is 0.506 e. The molecular formula is C14H10F3N3O. The molecule has 0 saturated carbocycles. The summed E-state index contributed by atoms with van der Waals surface area (Å²) in [5.41, 5.74) is 0.369. The van der Waals surface area contributed by atoms with Gasteiger partial charge < -0.3 is 5.11 Å². The van der Waals surface area contributed by atoms with Gasteiger partial charge in [0.1, 0.15) is 11.3 Å². The van der Waals surface area contributed by atoms with Crippen LogP contribution in [0.5, 0.6) is 5.75 Å². The summed E-state index contributed by atoms with van der Waals surface area (Å²) in [6.45, 7) is 1.70. The van der Waals surface area contributed by atoms with Crippen molar-refractivity contribution in [2.75, 3.05) is 0 Å². The first kappa shape index (κ1) is 13.4. The van der Waals surface area contributed by atoms with Crippen molar-refractivity contribution >= 4 is 10.9 Å². The van der Waals surface area contributed by atoms with E-state index in [1.165, 1.54) is 12.3 Å². The number of pyridine rings is 1. The minimum Gasteiger partial charge on any atom is -0.506 e. The molecule has 21 heavy (non-hydrogen) atoms. The second-order valence-corrected chi connectivity index (χ2v) is 4.60. The van der Waals surface area contributed by atoms with Crippen LogP contribution in [0.4, 0.5) is 13.2 Å². The zero-order chi connectivity index (χ0) is 15.2. The molecule has 0 spiro atoms. The average Bonchev–Trinajstić information content (AvgIpc) is 2.88. The average molecular weight is 293 g/mol. The second-order valence-electron chi connectivity index (χ2n) is 4.60. The lowest BCUT2D eigenvalue weighted by atomic mass is 10.1. The van der Waals surface area contributed by atoms with Crippen molar-refractivity contribution in [1.29, 1.82) is 0 Å². The Balaban J connectivity index is 2.25. The number of rotatable bonds is 1. The van der Waals surface area contributed by atoms with E-state index in [9.17, 15) is 18.3 Å². The van der Waals surface area contributed by atoms with Gasteiger partial charge in [0.2, 0.25) is 0 Å². The molecule has 108 valence electrons. The third-order valence-corrected chi connectivity index (χ3v) is 3.05. The van der Waals surface area contributed by atoms with E-state index >= 15 is 0 Å². The van der Waals surface area contributed by atoms with E-state index in [0.29, 0.717) is 22.3 Å². The van der Waals surface area contributed by atoms with Crippen LogP contribution >= 0.6 is 0 Å². The highest BCUT2D eigenvalue weighted by molar-refractivity contribution is 5.91. The van der Waals surface area contributed by atoms with Crippen molar-refractivity contribution in [3.63, 3.8) is 0 Å². The summed E-state index contributed by atoms with van der Waals surface area (Å²) in [6, 6.07) is 7.28. The number of hydrogen-bond donors (Lipinski definition) is 1. The molecule has 0 saturated heterocycles. The van der Waals surface area contributed by atoms with Crippen LogP contribution in [0.3, 0.4) is 0 Å². The third-order valence-electron chi connectivity index (χ3n) is 3.05. The van der Waals surface area contributed by atoms with Gasteiger partial charge in [0.15, 0.2) is 5.69 Å². The predicted molar refractivity (Wildman–Crippen MR) is 70.3 cm³/mol. The van der Waals surface area contributed by atoms with Crippen LogP contribution in [-0.4, -0.2) is 19.9 Å². The van der Waals surface area contributed by atoms with E-state index < -0.39 is 11.9 Å². The van der Waals surface area contributed by atoms with Gasteiger partial charge in [-0.3, -0.25) is 0 Å². The van der Waals surface area contributed by atoms with Crippen molar-refractivity contribution in [1.82, 2.24) is 14.8 Å². The Labute approximate surface area is 117 Å². The number of hydrogen-bond acceptors (Lipinski definition) is 3. The van der Waals surface area contributed by atoms with E-state index in [4.69, 9.17) is 0 Å². The fraction of sp³-hybridized carbons (Fsp3) is 0.143. The molecule has 0 aliphatic carbocycles. The maximum Gasteiger partial charge on any atom is 0.435 e. The second kappa shape index (κ2) is 4.47. The quantitative estimate of drug-likeness (QED) is 0.747. The fourth-order valence-corrected chi connectivity index (χ4v) is 2.14. The molecule has 4 nitrogen and oxygen atoms in total. The van der Waals surface area contributed by atoms with Crippen LogP contribution < -0.4 is 0 Å². The van der Waals surface area contributed by atoms with E-state index in [2.05, 4.69) is 10.1 Å². The van der Waals surface area contributed by atoms with Crippen LogP contribution in [-0.2, 0) is 6.18 Å². The number of aromatic hydroxyl groups is 1. The zero-order valence-corrected chi connectivity index (χ0v) is 10.9. The van der Waals surface area contributed by atoms with Gasteiger partial charge in [0.05, 0.1) is 5.69 Å². The van der Waals surface area contributed by atoms with Gasteiger partial charge in [0.25, 0.3) is 0 Å². The van der Waals surface area contributed by atoms with Gasteiger partial charge in [-0.25, -0.2) is 9.67 Å². The van der Waals surface area contributed by atoms with Crippen LogP contribution in [0.2, 0.25) is 0 Å². The molecule has 0 aliphatic heterocycles. The van der Waals surface area contributed by atoms with Crippen LogP contribution in [0.15, 0.2) is 36.5 Å². The Kier molecular flexibility index (Phi) is 2.86. The van der Waals surface area contributed by atoms with Crippen LogP contribution in [0.1, 0.15) is 11.4 Å². The Morgan fingerprint density at radius 3 is 2.62 bits per heavy atom. The number of aryl methyl sites for hydroxylation is 1. The number of fused-ring (bicyclic) bond motifs is 1. The first-order chi connectivity index (χ1) is 9.86. The minimum absolute atomic E-state index is 0.0272. The number of para-hydroxylation sites is 1. The van der Waals surface area contributed by atoms with Gasteiger partial charge in [-0.15, -0.1) is 0 Å². The number of alkyl halides is 3. The maximum absolute atomic E-state index is 12.6. The zero-order valence-electron chi connectivity index (χ0n) is 10.9. The molecule has 0 aliphatic rings. The fourth-order valence-electron chi connectivity index (χ4n) is 2.14. The molecule has 3 rings (SSSR count). The molecule has 0 unspecified atom stereocenters. The Morgan fingerprint density at radius 1 is 1.19 bits per heavy atom. The first-order valence-electron chi connectivity index (χ1n) is 6.09. The van der Waals surface area contributed by atoms with Crippen LogP contribution in [0, 0.1) is 6.92 Å². The lowest BCUT2D eigenvalue weighted by Gasteiger charge is -2.09. The Bertz CT molecular complexity index is 824. The highest BCUT2D eigenvalue weighted by Crippen LogP contribution is 2.31. The molecule has 0 fully saturated rings. The van der Waals surface area contributed by atoms with E-state index in [1.807, 2.05) is 0 Å². The van der Waals surface area contributed by atoms with Crippen molar-refractivity contribution in [3.8, 4) is 11.4 Å². The maximum atomic E-state index is 12.6. The number of nitrogens with zero attached hydrogens (tertiary/aromatic N) is 3. The summed E-state index contributed by atoms with van der Waals surface area (Å²) >= 11 is 0. The normalized spacial score (nSPS) is 12.0. The monoisotopic (exact) mass is 293 g/mol. The van der Waals surface area contributed by atoms with Gasteiger partial charge in [-0.2, -0.15) is 18.3 Å². The van der Waals surface area contributed by atoms with Gasteiger partial charge in [-0.05, 0) is 25.1 Å². The summed E-state index contributed by atoms with van der Waals surface area (Å²) in [6.07, 6.45) is -3.26. The highest BCUT2D eigenvalue weighted by atomic mass is 19.4. The molecule has 2 aromatic heterocycles. The standard InChI is InChI=1S/C14H10F3N3O/c1-8-7-10(9-3-2-4-11(21)13(9)18-8)20-6-5-12(19-20)14(15,16)17/h2-7,21H,1H3. The number of halogens is 3. The molecule has 0 radical (unpaired) electrons. The summed E-state index contributed by atoms with van der Waals surface area (Å²) in [5.74, 6) is -0.0272. The molecule has 0 bridgehead atoms. The molecular weight excluding hydrogens is 283 g/mol. The van der Waals surface area contributed by atoms with E-state index in [0.717, 1.165) is 10.7 Å². The molecule has 7 heteroatoms. The van der Waals surface area contributed by atoms with Gasteiger partial charge >= 0.3 is 6.18 Å². The van der Waals surface area contributed by atoms with Gasteiger partial charge in [0, 0.05) is 17.3 Å². The van der Waals surface area contributed by atoms with Crippen molar-refractivity contribution in [2.24, 2.45) is 0 Å². The molecule has 3 aromatic rings. The number of phenolic OH excluding ortho intramolecular Hbond substituents is 1. The Hall–Kier alpha value is -2.57. The molecule has 1 N–H and O–H groups in total. The summed E-state index contributed by atoms with van der Waals surface area (Å²) in [7, 11) is 0. The first-order valence-corrected chi connectivity index (χ1v) is 6.09. The topological polar surface area (TPSA) is 50.9 Å². The van der Waals surface area contributed by atoms with Crippen molar-refractivity contribution in [3.05, 3.63) is 47.9 Å². The van der Waals surface area contributed by atoms with E-state index in [-0.39, 0.29) is 5.75 Å². The van der Waals surface area contributed by atoms with Crippen molar-refractivity contribution in [2.45, 2.75) is 13.1 Å². The lowest BCUT2D eigenvalue weighted by molar-refractivity contribution is -0.141. The number of aromatic nitrogens is 3. The minimum atomic E-state index is -4.49. The van der Waals surface area contributed by atoms with Crippen molar-refractivity contribution < 1.29 is 18.3 Å². The van der Waals surface area contributed by atoms with Crippen LogP contribution in [0.25, 0.3) is 16.6 Å². The summed E-state index contributed by atoms with van der Waals surface area (Å²) in [5, 5.41) is 13.9. The third kappa shape index (κ3) is 2.31. The molecule has 2 heterocycles. The molecule has 1 aromatic carbocycles. The molecule has 0 amide bonds. The Morgan fingerprint density at radius 2 is 1.95 bits per heavy atom. The van der Waals surface area contributed by atoms with E-state index in [1.54, 1.807) is 25.1 Å². The highest BCUT2D eigenvalue weighted by Gasteiger charge is 2.33. The SMILES string of the molecule is Cc1cc(-n2ccc(C(F)(F)F)n2)c2cccc(O)c2n1. The predicted octanol–water partition coefficient (Wildman–Crippen LogP) is 3.45. The number of phenols is 1. The lowest BCUT2D eigenvalue weighted by Crippen LogP contribution is -2.07. The van der Waals surface area contributed by atoms with Gasteiger partial charge in [-0.1, -0.05) is 12.1 Å². The number of benzene rings is 1.